The van der Waals surface area contributed by atoms with Crippen LogP contribution in [0.1, 0.15) is 47.0 Å². The predicted octanol–water partition coefficient (Wildman–Crippen LogP) is 2.84. The monoisotopic (exact) mass is 284 g/mol. The van der Waals surface area contributed by atoms with Crippen molar-refractivity contribution in [1.29, 1.82) is 0 Å². The fraction of sp³-hybridized carbons (Fsp3) is 0.923. The molecule has 0 spiro atoms. The molecule has 20 heavy (non-hydrogen) atoms. The topological polar surface area (TPSA) is 98.5 Å². The maximum atomic E-state index is 12.2. The molecule has 0 aromatic carbocycles. The van der Waals surface area contributed by atoms with Crippen molar-refractivity contribution in [3.05, 3.63) is 10.4 Å². The van der Waals surface area contributed by atoms with Crippen molar-refractivity contribution < 1.29 is 14.6 Å². The Bertz CT molecular complexity index is 397. The fourth-order valence-corrected chi connectivity index (χ4v) is 2.40. The first kappa shape index (κ1) is 16.6. The van der Waals surface area contributed by atoms with Gasteiger partial charge in [0.15, 0.2) is 0 Å². The van der Waals surface area contributed by atoms with Gasteiger partial charge in [-0.25, -0.2) is 4.79 Å². The number of carbonyl (C=O) groups excluding carboxylic acids is 1. The lowest BCUT2D eigenvalue weighted by Crippen LogP contribution is -2.57. The van der Waals surface area contributed by atoms with Gasteiger partial charge in [0.2, 0.25) is 0 Å². The number of piperidine rings is 1. The smallest absolute Gasteiger partial charge is 0.410 e. The fourth-order valence-electron chi connectivity index (χ4n) is 2.40. The molecule has 7 nitrogen and oxygen atoms in total. The minimum absolute atomic E-state index is 0.0620. The molecule has 1 N–H and O–H groups in total. The van der Waals surface area contributed by atoms with Gasteiger partial charge in [-0.1, -0.05) is 5.11 Å². The van der Waals surface area contributed by atoms with Crippen LogP contribution in [0.25, 0.3) is 10.4 Å². The number of rotatable bonds is 3. The van der Waals surface area contributed by atoms with E-state index in [2.05, 4.69) is 10.0 Å². The quantitative estimate of drug-likeness (QED) is 0.490. The van der Waals surface area contributed by atoms with Crippen molar-refractivity contribution in [2.75, 3.05) is 13.1 Å². The number of nitrogens with zero attached hydrogens (tertiary/aromatic N) is 4. The Morgan fingerprint density at radius 2 is 2.10 bits per heavy atom. The summed E-state index contributed by atoms with van der Waals surface area (Å²) >= 11 is 0. The highest BCUT2D eigenvalue weighted by atomic mass is 16.6. The van der Waals surface area contributed by atoms with Crippen LogP contribution in [0.2, 0.25) is 0 Å². The summed E-state index contributed by atoms with van der Waals surface area (Å²) in [7, 11) is 0. The van der Waals surface area contributed by atoms with Gasteiger partial charge < -0.3 is 14.7 Å². The molecule has 0 saturated carbocycles. The van der Waals surface area contributed by atoms with Gasteiger partial charge in [-0.15, -0.1) is 0 Å². The van der Waals surface area contributed by atoms with Crippen molar-refractivity contribution in [1.82, 2.24) is 4.90 Å². The predicted molar refractivity (Wildman–Crippen MR) is 75.2 cm³/mol. The van der Waals surface area contributed by atoms with Crippen LogP contribution in [0.15, 0.2) is 5.11 Å². The number of aliphatic hydroxyl groups is 1. The first-order valence-electron chi connectivity index (χ1n) is 6.90. The van der Waals surface area contributed by atoms with Crippen LogP contribution in [-0.4, -0.2) is 46.4 Å². The Labute approximate surface area is 119 Å². The minimum atomic E-state index is -1.25. The lowest BCUT2D eigenvalue weighted by molar-refractivity contribution is -0.0539. The van der Waals surface area contributed by atoms with Gasteiger partial charge in [0, 0.05) is 11.5 Å². The molecule has 2 atom stereocenters. The molecule has 1 aliphatic rings. The SMILES string of the molecule is CC(C)(C)OC(=O)N1CCCC[C@@H]1[C@@](C)(O)CN=[N+]=[N-]. The van der Waals surface area contributed by atoms with Gasteiger partial charge in [0.1, 0.15) is 5.60 Å². The number of carbonyl (C=O) groups is 1. The molecule has 0 aromatic rings. The van der Waals surface area contributed by atoms with E-state index < -0.39 is 23.3 Å². The number of amides is 1. The Hall–Kier alpha value is -1.46. The normalized spacial score (nSPS) is 22.6. The van der Waals surface area contributed by atoms with E-state index in [1.165, 1.54) is 0 Å². The van der Waals surface area contributed by atoms with E-state index in [0.717, 1.165) is 12.8 Å². The number of azide groups is 1. The highest BCUT2D eigenvalue weighted by molar-refractivity contribution is 5.69. The lowest BCUT2D eigenvalue weighted by atomic mass is 9.88. The highest BCUT2D eigenvalue weighted by Crippen LogP contribution is 2.28. The van der Waals surface area contributed by atoms with Crippen LogP contribution in [0.4, 0.5) is 4.79 Å². The van der Waals surface area contributed by atoms with Crippen molar-refractivity contribution in [2.45, 2.75) is 64.2 Å². The third-order valence-corrected chi connectivity index (χ3v) is 3.30. The van der Waals surface area contributed by atoms with Gasteiger partial charge in [-0.2, -0.15) is 0 Å². The van der Waals surface area contributed by atoms with Crippen molar-refractivity contribution >= 4 is 6.09 Å². The molecule has 1 aliphatic heterocycles. The van der Waals surface area contributed by atoms with Crippen LogP contribution in [0, 0.1) is 0 Å². The van der Waals surface area contributed by atoms with Crippen LogP contribution in [0.5, 0.6) is 0 Å². The highest BCUT2D eigenvalue weighted by Gasteiger charge is 2.41. The van der Waals surface area contributed by atoms with E-state index in [-0.39, 0.29) is 6.54 Å². The van der Waals surface area contributed by atoms with Crippen molar-refractivity contribution in [2.24, 2.45) is 5.11 Å². The van der Waals surface area contributed by atoms with E-state index in [1.807, 2.05) is 20.8 Å². The molecule has 7 heteroatoms. The van der Waals surface area contributed by atoms with Crippen LogP contribution in [0.3, 0.4) is 0 Å². The molecular weight excluding hydrogens is 260 g/mol. The largest absolute Gasteiger partial charge is 0.444 e. The van der Waals surface area contributed by atoms with Gasteiger partial charge in [0.05, 0.1) is 18.2 Å². The number of ether oxygens (including phenoxy) is 1. The van der Waals surface area contributed by atoms with Crippen molar-refractivity contribution in [3.8, 4) is 0 Å². The summed E-state index contributed by atoms with van der Waals surface area (Å²) in [5.41, 5.74) is 6.58. The Morgan fingerprint density at radius 3 is 2.65 bits per heavy atom. The van der Waals surface area contributed by atoms with E-state index in [1.54, 1.807) is 11.8 Å². The molecule has 1 fully saturated rings. The second-order valence-electron chi connectivity index (χ2n) is 6.43. The van der Waals surface area contributed by atoms with Gasteiger partial charge in [-0.3, -0.25) is 0 Å². The Balaban J connectivity index is 2.86. The summed E-state index contributed by atoms with van der Waals surface area (Å²) in [6.45, 7) is 7.50. The Morgan fingerprint density at radius 1 is 1.45 bits per heavy atom. The van der Waals surface area contributed by atoms with E-state index >= 15 is 0 Å². The maximum absolute atomic E-state index is 12.2. The zero-order valence-corrected chi connectivity index (χ0v) is 12.7. The van der Waals surface area contributed by atoms with E-state index in [0.29, 0.717) is 13.0 Å². The summed E-state index contributed by atoms with van der Waals surface area (Å²) in [6.07, 6.45) is 2.06. The third kappa shape index (κ3) is 4.58. The summed E-state index contributed by atoms with van der Waals surface area (Å²) in [5, 5.41) is 13.9. The average molecular weight is 284 g/mol. The number of hydrogen-bond donors (Lipinski definition) is 1. The molecule has 0 bridgehead atoms. The summed E-state index contributed by atoms with van der Waals surface area (Å²) in [4.78, 5) is 16.5. The summed E-state index contributed by atoms with van der Waals surface area (Å²) in [6, 6.07) is -0.392. The summed E-state index contributed by atoms with van der Waals surface area (Å²) in [5.74, 6) is 0. The lowest BCUT2D eigenvalue weighted by Gasteiger charge is -2.43. The van der Waals surface area contributed by atoms with Gasteiger partial charge >= 0.3 is 6.09 Å². The number of likely N-dealkylation sites (tertiary alicyclic amines) is 1. The van der Waals surface area contributed by atoms with Crippen LogP contribution in [-0.2, 0) is 4.74 Å². The van der Waals surface area contributed by atoms with Crippen molar-refractivity contribution in [3.63, 3.8) is 0 Å². The Kier molecular flexibility index (Phi) is 5.25. The maximum Gasteiger partial charge on any atom is 0.410 e. The minimum Gasteiger partial charge on any atom is -0.444 e. The molecule has 0 aromatic heterocycles. The van der Waals surface area contributed by atoms with Crippen LogP contribution >= 0.6 is 0 Å². The molecule has 0 radical (unpaired) electrons. The summed E-state index contributed by atoms with van der Waals surface area (Å²) < 4.78 is 5.38. The first-order chi connectivity index (χ1) is 9.17. The van der Waals surface area contributed by atoms with Crippen LogP contribution < -0.4 is 0 Å². The second-order valence-corrected chi connectivity index (χ2v) is 6.43. The molecule has 0 aliphatic carbocycles. The molecule has 1 saturated heterocycles. The molecule has 1 rings (SSSR count). The standard InChI is InChI=1S/C13H24N4O3/c1-12(2,3)20-11(18)17-8-6-5-7-10(17)13(4,19)9-15-16-14/h10,19H,5-9H2,1-4H3/t10-,13+/m1/s1. The van der Waals surface area contributed by atoms with Gasteiger partial charge in [-0.05, 0) is 52.5 Å². The first-order valence-corrected chi connectivity index (χ1v) is 6.90. The molecule has 1 heterocycles. The number of hydrogen-bond acceptors (Lipinski definition) is 4. The zero-order chi connectivity index (χ0) is 15.4. The zero-order valence-electron chi connectivity index (χ0n) is 12.7. The van der Waals surface area contributed by atoms with Gasteiger partial charge in [0.25, 0.3) is 0 Å². The second kappa shape index (κ2) is 6.33. The van der Waals surface area contributed by atoms with E-state index in [4.69, 9.17) is 10.3 Å². The average Bonchev–Trinajstić information content (AvgIpc) is 2.34. The molecule has 0 unspecified atom stereocenters. The third-order valence-electron chi connectivity index (χ3n) is 3.30. The molecule has 1 amide bonds. The molecule has 114 valence electrons. The van der Waals surface area contributed by atoms with E-state index in [9.17, 15) is 9.90 Å². The molecular formula is C13H24N4O3.